The zero-order valence-electron chi connectivity index (χ0n) is 24.5. The Hall–Kier alpha value is -2.93. The van der Waals surface area contributed by atoms with Crippen LogP contribution in [0.25, 0.3) is 0 Å². The number of aryl methyl sites for hydroxylation is 1. The van der Waals surface area contributed by atoms with E-state index in [1.165, 1.54) is 31.2 Å². The fourth-order valence-corrected chi connectivity index (χ4v) is 6.93. The fraction of sp³-hybridized carbons (Fsp3) is 0.543. The Morgan fingerprint density at radius 2 is 1.74 bits per heavy atom. The highest BCUT2D eigenvalue weighted by Crippen LogP contribution is 2.60. The molecule has 2 aromatic rings. The average Bonchev–Trinajstić information content (AvgIpc) is 2.90. The van der Waals surface area contributed by atoms with Crippen molar-refractivity contribution in [1.82, 2.24) is 4.98 Å². The lowest BCUT2D eigenvalue weighted by Crippen LogP contribution is -2.65. The second kappa shape index (κ2) is 11.7. The van der Waals surface area contributed by atoms with Crippen molar-refractivity contribution in [2.24, 2.45) is 28.6 Å². The quantitative estimate of drug-likeness (QED) is 0.365. The van der Waals surface area contributed by atoms with E-state index >= 15 is 0 Å². The number of pyridine rings is 1. The Labute approximate surface area is 240 Å². The van der Waals surface area contributed by atoms with Gasteiger partial charge in [-0.3, -0.25) is 0 Å². The number of nitrogens with zero attached hydrogens (tertiary/aromatic N) is 2. The molecule has 4 rings (SSSR count). The standard InChI is InChI=1S/C35H41ClN2O/c1-8-31-29(19-17-27(38-31)16-14-25-12-9-23(2)10-13-25)24(3)11-20-32-34(4,5)33(35(32,6)7)39-28-18-15-26(22-37)30(36)21-28/h15,17-19,21,23-25,32-33H,8-10,12-13H2,1-7H3/t23?,24?,25?,32-,33-. The SMILES string of the molecule is CCc1nc(C#CC2CCC(C)CC2)ccc1C(C)C#C[C@H]1C(C)(C)[C@H](Oc2ccc(C#N)c(Cl)c2)C1(C)C. The first kappa shape index (κ1) is 29.1. The summed E-state index contributed by atoms with van der Waals surface area (Å²) in [4.78, 5) is 4.92. The van der Waals surface area contributed by atoms with Gasteiger partial charge in [-0.05, 0) is 74.6 Å². The van der Waals surface area contributed by atoms with Crippen LogP contribution in [-0.2, 0) is 6.42 Å². The third-order valence-corrected chi connectivity index (χ3v) is 9.14. The summed E-state index contributed by atoms with van der Waals surface area (Å²) in [6.45, 7) is 15.5. The van der Waals surface area contributed by atoms with Gasteiger partial charge >= 0.3 is 0 Å². The van der Waals surface area contributed by atoms with Crippen LogP contribution in [0.2, 0.25) is 5.02 Å². The van der Waals surface area contributed by atoms with E-state index in [1.807, 2.05) is 6.07 Å². The molecular weight excluding hydrogens is 500 g/mol. The van der Waals surface area contributed by atoms with Gasteiger partial charge in [-0.1, -0.05) is 77.0 Å². The number of aromatic nitrogens is 1. The van der Waals surface area contributed by atoms with E-state index in [1.54, 1.807) is 12.1 Å². The number of halogens is 1. The van der Waals surface area contributed by atoms with Crippen LogP contribution in [0.1, 0.15) is 103 Å². The normalized spacial score (nSPS) is 25.5. The molecule has 39 heavy (non-hydrogen) atoms. The van der Waals surface area contributed by atoms with Gasteiger partial charge in [0.25, 0.3) is 0 Å². The molecule has 2 fully saturated rings. The van der Waals surface area contributed by atoms with Crippen LogP contribution in [0.4, 0.5) is 0 Å². The average molecular weight is 541 g/mol. The number of benzene rings is 1. The first-order chi connectivity index (χ1) is 18.5. The largest absolute Gasteiger partial charge is 0.489 e. The van der Waals surface area contributed by atoms with Gasteiger partial charge in [-0.15, -0.1) is 0 Å². The van der Waals surface area contributed by atoms with Crippen LogP contribution >= 0.6 is 11.6 Å². The second-order valence-electron chi connectivity index (χ2n) is 12.6. The molecule has 0 spiro atoms. The maximum Gasteiger partial charge on any atom is 0.121 e. The molecule has 0 radical (unpaired) electrons. The number of ether oxygens (including phenoxy) is 1. The van der Waals surface area contributed by atoms with Crippen LogP contribution in [0.15, 0.2) is 30.3 Å². The minimum atomic E-state index is -0.140. The maximum absolute atomic E-state index is 9.16. The Morgan fingerprint density at radius 3 is 2.36 bits per heavy atom. The van der Waals surface area contributed by atoms with Gasteiger partial charge in [0, 0.05) is 40.3 Å². The monoisotopic (exact) mass is 540 g/mol. The Balaban J connectivity index is 1.47. The summed E-state index contributed by atoms with van der Waals surface area (Å²) in [6.07, 6.45) is 5.82. The van der Waals surface area contributed by atoms with Gasteiger partial charge in [0.05, 0.1) is 10.6 Å². The first-order valence-electron chi connectivity index (χ1n) is 14.4. The Kier molecular flexibility index (Phi) is 8.69. The molecule has 4 heteroatoms. The molecule has 2 saturated carbocycles. The van der Waals surface area contributed by atoms with Crippen molar-refractivity contribution in [3.8, 4) is 35.5 Å². The molecule has 0 N–H and O–H groups in total. The lowest BCUT2D eigenvalue weighted by atomic mass is 9.46. The van der Waals surface area contributed by atoms with Gasteiger partial charge in [0.1, 0.15) is 23.6 Å². The summed E-state index contributed by atoms with van der Waals surface area (Å²) < 4.78 is 6.42. The molecule has 1 heterocycles. The third kappa shape index (κ3) is 6.13. The molecule has 1 aromatic heterocycles. The van der Waals surface area contributed by atoms with Crippen molar-refractivity contribution < 1.29 is 4.74 Å². The molecule has 3 nitrogen and oxygen atoms in total. The van der Waals surface area contributed by atoms with E-state index < -0.39 is 0 Å². The van der Waals surface area contributed by atoms with Crippen molar-refractivity contribution in [2.75, 3.05) is 0 Å². The van der Waals surface area contributed by atoms with E-state index in [-0.39, 0.29) is 28.8 Å². The molecule has 1 atom stereocenters. The summed E-state index contributed by atoms with van der Waals surface area (Å²) in [5.41, 5.74) is 3.33. The molecule has 1 aromatic carbocycles. The van der Waals surface area contributed by atoms with E-state index in [0.29, 0.717) is 22.3 Å². The van der Waals surface area contributed by atoms with Crippen molar-refractivity contribution in [2.45, 2.75) is 92.6 Å². The van der Waals surface area contributed by atoms with Crippen molar-refractivity contribution in [1.29, 1.82) is 5.26 Å². The minimum Gasteiger partial charge on any atom is -0.489 e. The highest BCUT2D eigenvalue weighted by Gasteiger charge is 2.63. The molecule has 0 saturated heterocycles. The van der Waals surface area contributed by atoms with Gasteiger partial charge in [-0.2, -0.15) is 5.26 Å². The minimum absolute atomic E-state index is 0.0262. The van der Waals surface area contributed by atoms with Crippen LogP contribution in [0.5, 0.6) is 5.75 Å². The number of rotatable bonds is 4. The van der Waals surface area contributed by atoms with Crippen molar-refractivity contribution in [3.63, 3.8) is 0 Å². The highest BCUT2D eigenvalue weighted by atomic mass is 35.5. The lowest BCUT2D eigenvalue weighted by Gasteiger charge is -2.61. The second-order valence-corrected chi connectivity index (χ2v) is 13.1. The van der Waals surface area contributed by atoms with E-state index in [2.05, 4.69) is 90.3 Å². The topological polar surface area (TPSA) is 45.9 Å². The number of nitriles is 1. The maximum atomic E-state index is 9.16. The molecule has 0 amide bonds. The van der Waals surface area contributed by atoms with E-state index in [4.69, 9.17) is 26.6 Å². The predicted molar refractivity (Wildman–Crippen MR) is 159 cm³/mol. The van der Waals surface area contributed by atoms with Crippen molar-refractivity contribution in [3.05, 3.63) is 57.9 Å². The van der Waals surface area contributed by atoms with Gasteiger partial charge in [0.2, 0.25) is 0 Å². The predicted octanol–water partition coefficient (Wildman–Crippen LogP) is 8.58. The summed E-state index contributed by atoms with van der Waals surface area (Å²) >= 11 is 6.24. The molecule has 2 aliphatic carbocycles. The molecule has 0 aliphatic heterocycles. The molecule has 1 unspecified atom stereocenters. The van der Waals surface area contributed by atoms with Crippen LogP contribution in [0.3, 0.4) is 0 Å². The smallest absolute Gasteiger partial charge is 0.121 e. The first-order valence-corrected chi connectivity index (χ1v) is 14.7. The summed E-state index contributed by atoms with van der Waals surface area (Å²) in [5, 5.41) is 9.58. The van der Waals surface area contributed by atoms with Gasteiger partial charge in [0.15, 0.2) is 0 Å². The zero-order chi connectivity index (χ0) is 28.4. The highest BCUT2D eigenvalue weighted by molar-refractivity contribution is 6.31. The van der Waals surface area contributed by atoms with Crippen LogP contribution < -0.4 is 4.74 Å². The van der Waals surface area contributed by atoms with E-state index in [0.717, 1.165) is 23.7 Å². The third-order valence-electron chi connectivity index (χ3n) is 8.83. The Bertz CT molecular complexity index is 1350. The zero-order valence-corrected chi connectivity index (χ0v) is 25.2. The van der Waals surface area contributed by atoms with Crippen molar-refractivity contribution >= 4 is 11.6 Å². The van der Waals surface area contributed by atoms with Gasteiger partial charge in [-0.25, -0.2) is 4.98 Å². The molecular formula is C35H41ClN2O. The Morgan fingerprint density at radius 1 is 1.05 bits per heavy atom. The van der Waals surface area contributed by atoms with Gasteiger partial charge < -0.3 is 4.74 Å². The summed E-state index contributed by atoms with van der Waals surface area (Å²) in [7, 11) is 0. The molecule has 0 bridgehead atoms. The lowest BCUT2D eigenvalue weighted by molar-refractivity contribution is -0.172. The van der Waals surface area contributed by atoms with Crippen LogP contribution in [-0.4, -0.2) is 11.1 Å². The number of hydrogen-bond acceptors (Lipinski definition) is 3. The molecule has 2 aliphatic rings. The van der Waals surface area contributed by atoms with Crippen LogP contribution in [0, 0.1) is 63.6 Å². The van der Waals surface area contributed by atoms with E-state index in [9.17, 15) is 0 Å². The fourth-order valence-electron chi connectivity index (χ4n) is 6.72. The summed E-state index contributed by atoms with van der Waals surface area (Å²) in [6, 6.07) is 11.6. The summed E-state index contributed by atoms with van der Waals surface area (Å²) in [5.74, 6) is 16.3. The molecule has 204 valence electrons. The number of hydrogen-bond donors (Lipinski definition) is 0.